The lowest BCUT2D eigenvalue weighted by Crippen LogP contribution is -2.39. The van der Waals surface area contributed by atoms with Crippen LogP contribution in [0.4, 0.5) is 5.69 Å². The fraction of sp³-hybridized carbons (Fsp3) is 0.458. The first-order valence-electron chi connectivity index (χ1n) is 10.3. The number of anilines is 1. The average Bonchev–Trinajstić information content (AvgIpc) is 2.66. The molecule has 0 radical (unpaired) electrons. The van der Waals surface area contributed by atoms with Crippen LogP contribution in [0.1, 0.15) is 56.0 Å². The number of carbonyl (C=O) groups is 1. The number of nitrogens with one attached hydrogen (secondary N) is 2. The minimum absolute atomic E-state index is 0.0224. The summed E-state index contributed by atoms with van der Waals surface area (Å²) in [6.45, 7) is 15.1. The molecule has 0 aliphatic carbocycles. The summed E-state index contributed by atoms with van der Waals surface area (Å²) in [4.78, 5) is 12.8. The van der Waals surface area contributed by atoms with Gasteiger partial charge in [0.2, 0.25) is 5.91 Å². The zero-order chi connectivity index (χ0) is 21.6. The summed E-state index contributed by atoms with van der Waals surface area (Å²) in [6.07, 6.45) is 0. The standard InChI is InChI=1S/C24H34N2O3/c1-8-28-21-11-10-20(14-22(21)29-9-2)18(6)25-19(7)24(27)26-23-16(4)12-15(3)13-17(23)5/h10-14,18-19,25H,8-9H2,1-7H3,(H,26,27)/t18-,19+/m0/s1. The van der Waals surface area contributed by atoms with Crippen molar-refractivity contribution in [3.05, 3.63) is 52.6 Å². The highest BCUT2D eigenvalue weighted by molar-refractivity contribution is 5.96. The van der Waals surface area contributed by atoms with Gasteiger partial charge in [0.05, 0.1) is 19.3 Å². The molecule has 0 saturated heterocycles. The van der Waals surface area contributed by atoms with Gasteiger partial charge in [-0.1, -0.05) is 23.8 Å². The highest BCUT2D eigenvalue weighted by atomic mass is 16.5. The van der Waals surface area contributed by atoms with Gasteiger partial charge >= 0.3 is 0 Å². The van der Waals surface area contributed by atoms with Gasteiger partial charge < -0.3 is 14.8 Å². The average molecular weight is 399 g/mol. The molecular formula is C24H34N2O3. The van der Waals surface area contributed by atoms with Crippen LogP contribution < -0.4 is 20.1 Å². The van der Waals surface area contributed by atoms with Crippen LogP contribution in [0.2, 0.25) is 0 Å². The van der Waals surface area contributed by atoms with E-state index in [0.717, 1.165) is 33.9 Å². The van der Waals surface area contributed by atoms with Crippen LogP contribution in [0, 0.1) is 20.8 Å². The van der Waals surface area contributed by atoms with E-state index in [0.29, 0.717) is 13.2 Å². The van der Waals surface area contributed by atoms with Gasteiger partial charge in [-0.3, -0.25) is 10.1 Å². The Labute approximate surface area is 174 Å². The SMILES string of the molecule is CCOc1ccc([C@H](C)N[C@H](C)C(=O)Nc2c(C)cc(C)cc2C)cc1OCC. The van der Waals surface area contributed by atoms with Crippen LogP contribution in [0.3, 0.4) is 0 Å². The van der Waals surface area contributed by atoms with E-state index in [1.807, 2.05) is 59.7 Å². The second-order valence-electron chi connectivity index (χ2n) is 7.45. The molecule has 0 heterocycles. The topological polar surface area (TPSA) is 59.6 Å². The minimum atomic E-state index is -0.354. The lowest BCUT2D eigenvalue weighted by Gasteiger charge is -2.22. The zero-order valence-corrected chi connectivity index (χ0v) is 18.7. The summed E-state index contributed by atoms with van der Waals surface area (Å²) >= 11 is 0. The molecule has 2 aromatic rings. The zero-order valence-electron chi connectivity index (χ0n) is 18.7. The molecule has 0 aliphatic rings. The Kier molecular flexibility index (Phi) is 8.09. The first-order chi connectivity index (χ1) is 13.8. The molecule has 0 aromatic heterocycles. The third kappa shape index (κ3) is 5.97. The lowest BCUT2D eigenvalue weighted by atomic mass is 10.0. The van der Waals surface area contributed by atoms with Crippen molar-refractivity contribution >= 4 is 11.6 Å². The maximum atomic E-state index is 12.8. The van der Waals surface area contributed by atoms with Crippen molar-refractivity contribution < 1.29 is 14.3 Å². The number of aryl methyl sites for hydroxylation is 3. The Morgan fingerprint density at radius 2 is 1.52 bits per heavy atom. The van der Waals surface area contributed by atoms with Gasteiger partial charge in [0, 0.05) is 11.7 Å². The molecular weight excluding hydrogens is 364 g/mol. The molecule has 158 valence electrons. The van der Waals surface area contributed by atoms with Gasteiger partial charge in [0.25, 0.3) is 0 Å². The van der Waals surface area contributed by atoms with Crippen LogP contribution >= 0.6 is 0 Å². The van der Waals surface area contributed by atoms with Gasteiger partial charge in [0.1, 0.15) is 0 Å². The highest BCUT2D eigenvalue weighted by Gasteiger charge is 2.19. The molecule has 1 amide bonds. The van der Waals surface area contributed by atoms with Crippen LogP contribution in [-0.4, -0.2) is 25.2 Å². The number of rotatable bonds is 9. The van der Waals surface area contributed by atoms with E-state index in [9.17, 15) is 4.79 Å². The Hall–Kier alpha value is -2.53. The molecule has 2 atom stereocenters. The molecule has 5 nitrogen and oxygen atoms in total. The molecule has 0 bridgehead atoms. The van der Waals surface area contributed by atoms with Gasteiger partial charge in [-0.2, -0.15) is 0 Å². The Bertz CT molecular complexity index is 825. The monoisotopic (exact) mass is 398 g/mol. The normalized spacial score (nSPS) is 12.9. The largest absolute Gasteiger partial charge is 0.490 e. The van der Waals surface area contributed by atoms with Crippen molar-refractivity contribution in [2.45, 2.75) is 60.5 Å². The molecule has 5 heteroatoms. The molecule has 29 heavy (non-hydrogen) atoms. The van der Waals surface area contributed by atoms with E-state index >= 15 is 0 Å². The van der Waals surface area contributed by atoms with E-state index in [1.54, 1.807) is 0 Å². The minimum Gasteiger partial charge on any atom is -0.490 e. The number of benzene rings is 2. The van der Waals surface area contributed by atoms with Crippen molar-refractivity contribution in [1.82, 2.24) is 5.32 Å². The second kappa shape index (κ2) is 10.3. The molecule has 0 aliphatic heterocycles. The molecule has 0 saturated carbocycles. The van der Waals surface area contributed by atoms with E-state index < -0.39 is 0 Å². The van der Waals surface area contributed by atoms with E-state index in [4.69, 9.17) is 9.47 Å². The number of amides is 1. The molecule has 2 aromatic carbocycles. The highest BCUT2D eigenvalue weighted by Crippen LogP contribution is 2.31. The van der Waals surface area contributed by atoms with Crippen LogP contribution in [-0.2, 0) is 4.79 Å². The Morgan fingerprint density at radius 1 is 0.931 bits per heavy atom. The van der Waals surface area contributed by atoms with Crippen LogP contribution in [0.5, 0.6) is 11.5 Å². The number of hydrogen-bond acceptors (Lipinski definition) is 4. The molecule has 2 N–H and O–H groups in total. The van der Waals surface area contributed by atoms with Crippen LogP contribution in [0.15, 0.2) is 30.3 Å². The summed E-state index contributed by atoms with van der Waals surface area (Å²) in [5, 5.41) is 6.45. The Balaban J connectivity index is 2.09. The number of ether oxygens (including phenoxy) is 2. The van der Waals surface area contributed by atoms with Crippen molar-refractivity contribution in [3.63, 3.8) is 0 Å². The predicted molar refractivity (Wildman–Crippen MR) is 119 cm³/mol. The molecule has 0 spiro atoms. The fourth-order valence-electron chi connectivity index (χ4n) is 3.49. The van der Waals surface area contributed by atoms with E-state index in [2.05, 4.69) is 29.7 Å². The van der Waals surface area contributed by atoms with Gasteiger partial charge in [0.15, 0.2) is 11.5 Å². The summed E-state index contributed by atoms with van der Waals surface area (Å²) in [5.41, 5.74) is 5.27. The number of carbonyl (C=O) groups excluding carboxylic acids is 1. The molecule has 0 unspecified atom stereocenters. The molecule has 0 fully saturated rings. The first-order valence-corrected chi connectivity index (χ1v) is 10.3. The molecule has 2 rings (SSSR count). The summed E-state index contributed by atoms with van der Waals surface area (Å²) in [7, 11) is 0. The maximum absolute atomic E-state index is 12.8. The third-order valence-corrected chi connectivity index (χ3v) is 4.89. The van der Waals surface area contributed by atoms with Gasteiger partial charge in [-0.25, -0.2) is 0 Å². The Morgan fingerprint density at radius 3 is 2.10 bits per heavy atom. The smallest absolute Gasteiger partial charge is 0.241 e. The maximum Gasteiger partial charge on any atom is 0.241 e. The van der Waals surface area contributed by atoms with E-state index in [-0.39, 0.29) is 18.0 Å². The lowest BCUT2D eigenvalue weighted by molar-refractivity contribution is -0.117. The predicted octanol–water partition coefficient (Wildman–Crippen LogP) is 5.09. The van der Waals surface area contributed by atoms with E-state index in [1.165, 1.54) is 5.56 Å². The summed E-state index contributed by atoms with van der Waals surface area (Å²) < 4.78 is 11.3. The van der Waals surface area contributed by atoms with Crippen molar-refractivity contribution in [3.8, 4) is 11.5 Å². The van der Waals surface area contributed by atoms with Crippen molar-refractivity contribution in [2.75, 3.05) is 18.5 Å². The quantitative estimate of drug-likeness (QED) is 0.618. The second-order valence-corrected chi connectivity index (χ2v) is 7.45. The number of hydrogen-bond donors (Lipinski definition) is 2. The van der Waals surface area contributed by atoms with Gasteiger partial charge in [-0.15, -0.1) is 0 Å². The summed E-state index contributed by atoms with van der Waals surface area (Å²) in [6, 6.07) is 9.69. The van der Waals surface area contributed by atoms with Crippen molar-refractivity contribution in [2.24, 2.45) is 0 Å². The van der Waals surface area contributed by atoms with Crippen molar-refractivity contribution in [1.29, 1.82) is 0 Å². The summed E-state index contributed by atoms with van der Waals surface area (Å²) in [5.74, 6) is 1.41. The first kappa shape index (κ1) is 22.8. The third-order valence-electron chi connectivity index (χ3n) is 4.89. The fourth-order valence-corrected chi connectivity index (χ4v) is 3.49. The van der Waals surface area contributed by atoms with Gasteiger partial charge in [-0.05, 0) is 77.3 Å². The van der Waals surface area contributed by atoms with Crippen LogP contribution in [0.25, 0.3) is 0 Å².